The van der Waals surface area contributed by atoms with Crippen LogP contribution in [0.2, 0.25) is 5.02 Å². The minimum absolute atomic E-state index is 0.161. The maximum absolute atomic E-state index is 13.1. The fraction of sp³-hybridized carbons (Fsp3) is 0.333. The third-order valence-electron chi connectivity index (χ3n) is 6.50. The fourth-order valence-electron chi connectivity index (χ4n) is 4.64. The van der Waals surface area contributed by atoms with Gasteiger partial charge in [0.2, 0.25) is 17.6 Å². The average molecular weight is 505 g/mol. The zero-order valence-electron chi connectivity index (χ0n) is 18.3. The van der Waals surface area contributed by atoms with Gasteiger partial charge in [-0.3, -0.25) is 9.69 Å². The van der Waals surface area contributed by atoms with Gasteiger partial charge in [-0.1, -0.05) is 41.0 Å². The number of urea groups is 1. The van der Waals surface area contributed by atoms with E-state index < -0.39 is 17.8 Å². The fourth-order valence-corrected chi connectivity index (χ4v) is 4.76. The van der Waals surface area contributed by atoms with Crippen LogP contribution in [0.25, 0.3) is 11.4 Å². The van der Waals surface area contributed by atoms with Crippen LogP contribution >= 0.6 is 11.6 Å². The minimum Gasteiger partial charge on any atom is -0.339 e. The Hall–Kier alpha value is -3.40. The molecule has 5 rings (SSSR count). The van der Waals surface area contributed by atoms with Crippen LogP contribution in [0.4, 0.5) is 18.0 Å². The molecule has 0 spiro atoms. The number of hydrogen-bond acceptors (Lipinski definition) is 5. The van der Waals surface area contributed by atoms with Crippen molar-refractivity contribution < 1.29 is 27.3 Å². The van der Waals surface area contributed by atoms with Crippen molar-refractivity contribution in [2.24, 2.45) is 5.92 Å². The van der Waals surface area contributed by atoms with Crippen LogP contribution in [-0.4, -0.2) is 33.0 Å². The molecule has 1 aromatic heterocycles. The van der Waals surface area contributed by atoms with E-state index in [0.717, 1.165) is 17.7 Å². The molecule has 3 aromatic rings. The van der Waals surface area contributed by atoms with Crippen molar-refractivity contribution in [2.45, 2.75) is 43.9 Å². The van der Waals surface area contributed by atoms with E-state index in [-0.39, 0.29) is 36.2 Å². The van der Waals surface area contributed by atoms with Crippen LogP contribution in [0.3, 0.4) is 0 Å². The van der Waals surface area contributed by atoms with E-state index in [2.05, 4.69) is 15.5 Å². The highest BCUT2D eigenvalue weighted by molar-refractivity contribution is 6.30. The molecule has 0 bridgehead atoms. The van der Waals surface area contributed by atoms with Crippen molar-refractivity contribution in [1.82, 2.24) is 20.4 Å². The maximum Gasteiger partial charge on any atom is 0.416 e. The monoisotopic (exact) mass is 504 g/mol. The Kier molecular flexibility index (Phi) is 6.00. The summed E-state index contributed by atoms with van der Waals surface area (Å²) >= 11 is 5.91. The molecule has 3 unspecified atom stereocenters. The van der Waals surface area contributed by atoms with Gasteiger partial charge in [-0.25, -0.2) is 4.79 Å². The SMILES string of the molecule is O=C1NC2CC(c3nc(-c4ccc(C(F)(F)F)cc4)no3)CCC2C(=O)N1Cc1ccc(Cl)cc1. The molecular formula is C24H20ClF3N4O3. The van der Waals surface area contributed by atoms with Crippen LogP contribution in [0.1, 0.15) is 42.2 Å². The molecule has 0 radical (unpaired) electrons. The highest BCUT2D eigenvalue weighted by Crippen LogP contribution is 2.39. The molecule has 2 aromatic carbocycles. The van der Waals surface area contributed by atoms with Gasteiger partial charge in [-0.15, -0.1) is 0 Å². The number of hydrogen-bond donors (Lipinski definition) is 1. The van der Waals surface area contributed by atoms with Gasteiger partial charge in [0.15, 0.2) is 0 Å². The van der Waals surface area contributed by atoms with E-state index in [4.69, 9.17) is 16.1 Å². The molecule has 3 amide bonds. The zero-order valence-corrected chi connectivity index (χ0v) is 19.0. The van der Waals surface area contributed by atoms with Gasteiger partial charge in [0.1, 0.15) is 0 Å². The number of nitrogens with one attached hydrogen (secondary N) is 1. The number of imide groups is 1. The first-order valence-electron chi connectivity index (χ1n) is 11.1. The molecule has 1 saturated heterocycles. The second kappa shape index (κ2) is 8.99. The van der Waals surface area contributed by atoms with Crippen LogP contribution < -0.4 is 5.32 Å². The Morgan fingerprint density at radius 1 is 1.06 bits per heavy atom. The number of rotatable bonds is 4. The normalized spacial score (nSPS) is 22.6. The van der Waals surface area contributed by atoms with E-state index in [9.17, 15) is 22.8 Å². The van der Waals surface area contributed by atoms with Crippen LogP contribution in [-0.2, 0) is 17.5 Å². The van der Waals surface area contributed by atoms with Crippen LogP contribution in [0.5, 0.6) is 0 Å². The molecule has 7 nitrogen and oxygen atoms in total. The lowest BCUT2D eigenvalue weighted by molar-refractivity contribution is -0.138. The van der Waals surface area contributed by atoms with Gasteiger partial charge in [-0.2, -0.15) is 18.2 Å². The van der Waals surface area contributed by atoms with Gasteiger partial charge in [0, 0.05) is 22.5 Å². The van der Waals surface area contributed by atoms with Crippen LogP contribution in [0, 0.1) is 5.92 Å². The highest BCUT2D eigenvalue weighted by Gasteiger charge is 2.45. The molecule has 1 aliphatic carbocycles. The molecule has 2 heterocycles. The Morgan fingerprint density at radius 3 is 2.46 bits per heavy atom. The first kappa shape index (κ1) is 23.3. The Morgan fingerprint density at radius 2 is 1.77 bits per heavy atom. The minimum atomic E-state index is -4.42. The first-order valence-corrected chi connectivity index (χ1v) is 11.4. The lowest BCUT2D eigenvalue weighted by Gasteiger charge is -2.41. The Labute approximate surface area is 203 Å². The van der Waals surface area contributed by atoms with Gasteiger partial charge in [-0.05, 0) is 49.1 Å². The van der Waals surface area contributed by atoms with Crippen molar-refractivity contribution in [3.63, 3.8) is 0 Å². The molecule has 1 aliphatic heterocycles. The smallest absolute Gasteiger partial charge is 0.339 e. The summed E-state index contributed by atoms with van der Waals surface area (Å²) in [6.45, 7) is 0.161. The highest BCUT2D eigenvalue weighted by atomic mass is 35.5. The van der Waals surface area contributed by atoms with E-state index in [1.54, 1.807) is 24.3 Å². The largest absolute Gasteiger partial charge is 0.416 e. The molecular weight excluding hydrogens is 485 g/mol. The lowest BCUT2D eigenvalue weighted by Crippen LogP contribution is -2.60. The molecule has 1 N–H and O–H groups in total. The van der Waals surface area contributed by atoms with Gasteiger partial charge >= 0.3 is 12.2 Å². The molecule has 2 fully saturated rings. The number of aromatic nitrogens is 2. The molecule has 35 heavy (non-hydrogen) atoms. The standard InChI is InChI=1S/C24H20ClF3N4O3/c25-17-8-1-13(2-9-17)12-32-22(33)18-10-5-15(11-19(18)29-23(32)34)21-30-20(31-35-21)14-3-6-16(7-4-14)24(26,27)28/h1-4,6-9,15,18-19H,5,10-12H2,(H,29,34). The maximum atomic E-state index is 13.1. The first-order chi connectivity index (χ1) is 16.7. The number of carbonyl (C=O) groups is 2. The number of fused-ring (bicyclic) bond motifs is 1. The average Bonchev–Trinajstić information content (AvgIpc) is 3.32. The summed E-state index contributed by atoms with van der Waals surface area (Å²) in [5.74, 6) is -0.225. The number of nitrogens with zero attached hydrogens (tertiary/aromatic N) is 3. The molecule has 182 valence electrons. The van der Waals surface area contributed by atoms with Gasteiger partial charge in [0.25, 0.3) is 0 Å². The van der Waals surface area contributed by atoms with Crippen molar-refractivity contribution in [2.75, 3.05) is 0 Å². The number of benzene rings is 2. The van der Waals surface area contributed by atoms with E-state index in [1.165, 1.54) is 17.0 Å². The predicted octanol–water partition coefficient (Wildman–Crippen LogP) is 5.41. The summed E-state index contributed by atoms with van der Waals surface area (Å²) < 4.78 is 43.8. The number of alkyl halides is 3. The summed E-state index contributed by atoms with van der Waals surface area (Å²) in [5, 5.41) is 7.42. The van der Waals surface area contributed by atoms with Gasteiger partial charge < -0.3 is 9.84 Å². The van der Waals surface area contributed by atoms with Crippen molar-refractivity contribution in [3.05, 3.63) is 70.6 Å². The summed E-state index contributed by atoms with van der Waals surface area (Å²) in [7, 11) is 0. The number of carbonyl (C=O) groups excluding carboxylic acids is 2. The topological polar surface area (TPSA) is 88.3 Å². The predicted molar refractivity (Wildman–Crippen MR) is 119 cm³/mol. The summed E-state index contributed by atoms with van der Waals surface area (Å²) in [6, 6.07) is 10.7. The lowest BCUT2D eigenvalue weighted by atomic mass is 9.76. The van der Waals surface area contributed by atoms with Crippen molar-refractivity contribution in [3.8, 4) is 11.4 Å². The van der Waals surface area contributed by atoms with E-state index in [0.29, 0.717) is 35.7 Å². The molecule has 11 heteroatoms. The zero-order chi connectivity index (χ0) is 24.7. The number of halogens is 4. The number of amides is 3. The van der Waals surface area contributed by atoms with Crippen molar-refractivity contribution >= 4 is 23.5 Å². The van der Waals surface area contributed by atoms with E-state index in [1.807, 2.05) is 0 Å². The molecule has 2 aliphatic rings. The summed E-state index contributed by atoms with van der Waals surface area (Å²) in [4.78, 5) is 31.4. The van der Waals surface area contributed by atoms with E-state index >= 15 is 0 Å². The molecule has 3 atom stereocenters. The second-order valence-electron chi connectivity index (χ2n) is 8.75. The third kappa shape index (κ3) is 4.75. The summed E-state index contributed by atoms with van der Waals surface area (Å²) in [6.07, 6.45) is -2.84. The summed E-state index contributed by atoms with van der Waals surface area (Å²) in [5.41, 5.74) is 0.443. The second-order valence-corrected chi connectivity index (χ2v) is 9.19. The quantitative estimate of drug-likeness (QED) is 0.513. The Balaban J connectivity index is 1.26. The third-order valence-corrected chi connectivity index (χ3v) is 6.75. The van der Waals surface area contributed by atoms with Gasteiger partial charge in [0.05, 0.1) is 18.0 Å². The van der Waals surface area contributed by atoms with Crippen LogP contribution in [0.15, 0.2) is 53.1 Å². The van der Waals surface area contributed by atoms with Crippen molar-refractivity contribution in [1.29, 1.82) is 0 Å². The molecule has 1 saturated carbocycles. The Bertz CT molecular complexity index is 1240.